The fraction of sp³-hybridized carbons (Fsp3) is 0.429. The van der Waals surface area contributed by atoms with E-state index in [0.29, 0.717) is 6.42 Å². The average Bonchev–Trinajstić information content (AvgIpc) is 2.99. The summed E-state index contributed by atoms with van der Waals surface area (Å²) in [7, 11) is 0. The van der Waals surface area contributed by atoms with Gasteiger partial charge in [0.1, 0.15) is 11.6 Å². The van der Waals surface area contributed by atoms with Gasteiger partial charge in [-0.05, 0) is 30.9 Å². The number of hydrogen-bond acceptors (Lipinski definition) is 3. The lowest BCUT2D eigenvalue weighted by molar-refractivity contribution is 0.0688. The van der Waals surface area contributed by atoms with E-state index < -0.39 is 5.97 Å². The maximum absolute atomic E-state index is 11.3. The second-order valence-corrected chi connectivity index (χ2v) is 5.02. The first-order chi connectivity index (χ1) is 9.16. The molecule has 0 fully saturated rings. The van der Waals surface area contributed by atoms with Crippen molar-refractivity contribution in [1.29, 1.82) is 0 Å². The number of furan rings is 1. The number of fused-ring (bicyclic) bond motifs is 1. The summed E-state index contributed by atoms with van der Waals surface area (Å²) in [6, 6.07) is 3.71. The van der Waals surface area contributed by atoms with Crippen LogP contribution in [0.15, 0.2) is 22.8 Å². The summed E-state index contributed by atoms with van der Waals surface area (Å²) in [5.74, 6) is 0.901. The summed E-state index contributed by atoms with van der Waals surface area (Å²) in [6.07, 6.45) is 4.25. The Bertz CT molecular complexity index is 598. The predicted octanol–water partition coefficient (Wildman–Crippen LogP) is 2.66. The lowest BCUT2D eigenvalue weighted by atomic mass is 9.96. The lowest BCUT2D eigenvalue weighted by Gasteiger charge is -2.22. The molecule has 0 saturated heterocycles. The SMILES string of the molecule is CC1CCCn2c(Cc3ccco3)nc(C(=O)O)c21. The van der Waals surface area contributed by atoms with Crippen LogP contribution in [0.3, 0.4) is 0 Å². The Hall–Kier alpha value is -2.04. The molecule has 2 aromatic heterocycles. The van der Waals surface area contributed by atoms with E-state index in [1.807, 2.05) is 12.1 Å². The van der Waals surface area contributed by atoms with E-state index in [1.165, 1.54) is 0 Å². The number of rotatable bonds is 3. The smallest absolute Gasteiger partial charge is 0.356 e. The minimum Gasteiger partial charge on any atom is -0.476 e. The molecule has 3 rings (SSSR count). The molecular formula is C14H16N2O3. The number of carboxylic acids is 1. The van der Waals surface area contributed by atoms with Crippen LogP contribution in [-0.2, 0) is 13.0 Å². The fourth-order valence-electron chi connectivity index (χ4n) is 2.82. The van der Waals surface area contributed by atoms with Crippen LogP contribution in [0.5, 0.6) is 0 Å². The molecule has 1 atom stereocenters. The molecule has 0 aromatic carbocycles. The zero-order chi connectivity index (χ0) is 13.4. The summed E-state index contributed by atoms with van der Waals surface area (Å²) in [4.78, 5) is 15.7. The van der Waals surface area contributed by atoms with E-state index >= 15 is 0 Å². The molecular weight excluding hydrogens is 244 g/mol. The van der Waals surface area contributed by atoms with Crippen LogP contribution in [0.4, 0.5) is 0 Å². The third kappa shape index (κ3) is 2.05. The predicted molar refractivity (Wildman–Crippen MR) is 68.3 cm³/mol. The molecule has 0 amide bonds. The molecule has 2 aromatic rings. The molecule has 5 nitrogen and oxygen atoms in total. The van der Waals surface area contributed by atoms with E-state index in [2.05, 4.69) is 16.5 Å². The quantitative estimate of drug-likeness (QED) is 0.921. The van der Waals surface area contributed by atoms with Gasteiger partial charge in [0.05, 0.1) is 18.4 Å². The van der Waals surface area contributed by atoms with Gasteiger partial charge in [-0.2, -0.15) is 0 Å². The number of nitrogens with zero attached hydrogens (tertiary/aromatic N) is 2. The van der Waals surface area contributed by atoms with Gasteiger partial charge in [-0.3, -0.25) is 0 Å². The first-order valence-electron chi connectivity index (χ1n) is 6.51. The topological polar surface area (TPSA) is 68.3 Å². The molecule has 100 valence electrons. The van der Waals surface area contributed by atoms with Gasteiger partial charge in [0.15, 0.2) is 5.69 Å². The van der Waals surface area contributed by atoms with Crippen molar-refractivity contribution in [3.63, 3.8) is 0 Å². The molecule has 0 spiro atoms. The Labute approximate surface area is 110 Å². The highest BCUT2D eigenvalue weighted by molar-refractivity contribution is 5.87. The van der Waals surface area contributed by atoms with Crippen LogP contribution in [0, 0.1) is 0 Å². The number of imidazole rings is 1. The Kier molecular flexibility index (Phi) is 2.89. The van der Waals surface area contributed by atoms with Gasteiger partial charge in [-0.25, -0.2) is 9.78 Å². The van der Waals surface area contributed by atoms with E-state index in [-0.39, 0.29) is 11.6 Å². The second kappa shape index (κ2) is 4.57. The molecule has 1 unspecified atom stereocenters. The average molecular weight is 260 g/mol. The summed E-state index contributed by atoms with van der Waals surface area (Å²) in [6.45, 7) is 2.91. The monoisotopic (exact) mass is 260 g/mol. The Morgan fingerprint density at radius 3 is 3.16 bits per heavy atom. The third-order valence-corrected chi connectivity index (χ3v) is 3.69. The van der Waals surface area contributed by atoms with Crippen molar-refractivity contribution in [3.8, 4) is 0 Å². The maximum atomic E-state index is 11.3. The number of carbonyl (C=O) groups is 1. The van der Waals surface area contributed by atoms with Crippen molar-refractivity contribution in [3.05, 3.63) is 41.4 Å². The standard InChI is InChI=1S/C14H16N2O3/c1-9-4-2-6-16-11(8-10-5-3-7-19-10)15-12(13(9)16)14(17)18/h3,5,7,9H,2,4,6,8H2,1H3,(H,17,18). The molecule has 1 aliphatic heterocycles. The van der Waals surface area contributed by atoms with Crippen LogP contribution in [-0.4, -0.2) is 20.6 Å². The molecule has 0 aliphatic carbocycles. The number of aromatic carboxylic acids is 1. The Morgan fingerprint density at radius 2 is 2.47 bits per heavy atom. The highest BCUT2D eigenvalue weighted by Gasteiger charge is 2.28. The van der Waals surface area contributed by atoms with Crippen molar-refractivity contribution in [2.24, 2.45) is 0 Å². The molecule has 3 heterocycles. The van der Waals surface area contributed by atoms with Gasteiger partial charge in [0, 0.05) is 6.54 Å². The van der Waals surface area contributed by atoms with E-state index in [4.69, 9.17) is 4.42 Å². The lowest BCUT2D eigenvalue weighted by Crippen LogP contribution is -2.17. The van der Waals surface area contributed by atoms with Crippen LogP contribution in [0.2, 0.25) is 0 Å². The molecule has 19 heavy (non-hydrogen) atoms. The summed E-state index contributed by atoms with van der Waals surface area (Å²) in [5.41, 5.74) is 1.06. The molecule has 0 bridgehead atoms. The zero-order valence-corrected chi connectivity index (χ0v) is 10.8. The largest absolute Gasteiger partial charge is 0.476 e. The van der Waals surface area contributed by atoms with Gasteiger partial charge in [0.25, 0.3) is 0 Å². The van der Waals surface area contributed by atoms with Crippen LogP contribution < -0.4 is 0 Å². The number of aromatic nitrogens is 2. The van der Waals surface area contributed by atoms with Gasteiger partial charge >= 0.3 is 5.97 Å². The van der Waals surface area contributed by atoms with E-state index in [9.17, 15) is 9.90 Å². The van der Waals surface area contributed by atoms with Crippen molar-refractivity contribution >= 4 is 5.97 Å². The first kappa shape index (κ1) is 12.0. The van der Waals surface area contributed by atoms with Gasteiger partial charge < -0.3 is 14.1 Å². The van der Waals surface area contributed by atoms with Crippen LogP contribution in [0.1, 0.15) is 53.5 Å². The first-order valence-corrected chi connectivity index (χ1v) is 6.51. The van der Waals surface area contributed by atoms with E-state index in [0.717, 1.165) is 36.7 Å². The van der Waals surface area contributed by atoms with Crippen molar-refractivity contribution in [2.75, 3.05) is 0 Å². The summed E-state index contributed by atoms with van der Waals surface area (Å²) in [5, 5.41) is 9.30. The minimum absolute atomic E-state index is 0.203. The molecule has 1 N–H and O–H groups in total. The fourth-order valence-corrected chi connectivity index (χ4v) is 2.82. The highest BCUT2D eigenvalue weighted by Crippen LogP contribution is 2.31. The molecule has 1 aliphatic rings. The molecule has 0 radical (unpaired) electrons. The van der Waals surface area contributed by atoms with Crippen LogP contribution in [0.25, 0.3) is 0 Å². The van der Waals surface area contributed by atoms with Gasteiger partial charge in [0.2, 0.25) is 0 Å². The normalized spacial score (nSPS) is 18.3. The summed E-state index contributed by atoms with van der Waals surface area (Å²) < 4.78 is 7.38. The second-order valence-electron chi connectivity index (χ2n) is 5.02. The molecule has 0 saturated carbocycles. The van der Waals surface area contributed by atoms with Gasteiger partial charge in [-0.1, -0.05) is 6.92 Å². The van der Waals surface area contributed by atoms with Crippen molar-refractivity contribution in [2.45, 2.75) is 38.6 Å². The van der Waals surface area contributed by atoms with Crippen molar-refractivity contribution < 1.29 is 14.3 Å². The summed E-state index contributed by atoms with van der Waals surface area (Å²) >= 11 is 0. The van der Waals surface area contributed by atoms with Crippen LogP contribution >= 0.6 is 0 Å². The molecule has 5 heteroatoms. The van der Waals surface area contributed by atoms with Crippen molar-refractivity contribution in [1.82, 2.24) is 9.55 Å². The van der Waals surface area contributed by atoms with E-state index in [1.54, 1.807) is 6.26 Å². The number of hydrogen-bond donors (Lipinski definition) is 1. The minimum atomic E-state index is -0.941. The zero-order valence-electron chi connectivity index (χ0n) is 10.8. The number of carboxylic acid groups (broad SMARTS) is 1. The highest BCUT2D eigenvalue weighted by atomic mass is 16.4. The third-order valence-electron chi connectivity index (χ3n) is 3.69. The Balaban J connectivity index is 2.05. The van der Waals surface area contributed by atoms with Gasteiger partial charge in [-0.15, -0.1) is 0 Å². The Morgan fingerprint density at radius 1 is 1.63 bits per heavy atom. The maximum Gasteiger partial charge on any atom is 0.356 e.